The maximum Gasteiger partial charge on any atom is 0.278 e. The Morgan fingerprint density at radius 3 is 2.18 bits per heavy atom. The molecule has 2 aromatic rings. The highest BCUT2D eigenvalue weighted by atomic mass is 16.5. The van der Waals surface area contributed by atoms with E-state index in [0.717, 1.165) is 24.2 Å². The van der Waals surface area contributed by atoms with E-state index in [4.69, 9.17) is 9.47 Å². The molecule has 3 rings (SSSR count). The predicted molar refractivity (Wildman–Crippen MR) is 131 cm³/mol. The third kappa shape index (κ3) is 5.93. The van der Waals surface area contributed by atoms with Gasteiger partial charge in [0.1, 0.15) is 11.4 Å². The molecule has 0 saturated heterocycles. The lowest BCUT2D eigenvalue weighted by Gasteiger charge is -2.16. The lowest BCUT2D eigenvalue weighted by molar-refractivity contribution is -0.137. The van der Waals surface area contributed by atoms with Crippen LogP contribution in [0.1, 0.15) is 31.7 Å². The fraction of sp³-hybridized carbons (Fsp3) is 0.385. The number of hydrogen-bond donors (Lipinski definition) is 1. The lowest BCUT2D eigenvalue weighted by atomic mass is 10.0. The zero-order valence-corrected chi connectivity index (χ0v) is 19.9. The maximum absolute atomic E-state index is 13.3. The molecule has 0 radical (unpaired) electrons. The molecule has 1 heterocycles. The van der Waals surface area contributed by atoms with Gasteiger partial charge in [0.25, 0.3) is 11.8 Å². The molecule has 0 atom stereocenters. The van der Waals surface area contributed by atoms with Gasteiger partial charge >= 0.3 is 0 Å². The van der Waals surface area contributed by atoms with E-state index in [-0.39, 0.29) is 17.5 Å². The number of imide groups is 1. The number of ether oxygens (including phenoxy) is 2. The van der Waals surface area contributed by atoms with Gasteiger partial charge in [-0.2, -0.15) is 0 Å². The summed E-state index contributed by atoms with van der Waals surface area (Å²) in [5.74, 6) is 0.0631. The number of anilines is 2. The van der Waals surface area contributed by atoms with E-state index in [2.05, 4.69) is 12.2 Å². The van der Waals surface area contributed by atoms with Gasteiger partial charge in [0, 0.05) is 45.2 Å². The van der Waals surface area contributed by atoms with Gasteiger partial charge in [-0.3, -0.25) is 14.5 Å². The molecule has 7 nitrogen and oxygen atoms in total. The summed E-state index contributed by atoms with van der Waals surface area (Å²) in [7, 11) is 5.53. The summed E-state index contributed by atoms with van der Waals surface area (Å²) in [4.78, 5) is 29.9. The van der Waals surface area contributed by atoms with E-state index in [1.807, 2.05) is 43.3 Å². The normalized spacial score (nSPS) is 13.6. The minimum absolute atomic E-state index is 0.287. The molecule has 0 fully saturated rings. The Morgan fingerprint density at radius 1 is 0.909 bits per heavy atom. The minimum atomic E-state index is -0.323. The van der Waals surface area contributed by atoms with Gasteiger partial charge in [-0.15, -0.1) is 0 Å². The van der Waals surface area contributed by atoms with Crippen LogP contribution in [0.15, 0.2) is 54.2 Å². The third-order valence-electron chi connectivity index (χ3n) is 5.51. The van der Waals surface area contributed by atoms with Crippen LogP contribution in [0.4, 0.5) is 11.4 Å². The summed E-state index contributed by atoms with van der Waals surface area (Å²) in [5, 5.41) is 3.20. The molecule has 176 valence electrons. The highest BCUT2D eigenvalue weighted by molar-refractivity contribution is 6.36. The third-order valence-corrected chi connectivity index (χ3v) is 5.51. The highest BCUT2D eigenvalue weighted by Crippen LogP contribution is 2.32. The molecule has 0 unspecified atom stereocenters. The summed E-state index contributed by atoms with van der Waals surface area (Å²) < 4.78 is 10.8. The molecule has 2 amide bonds. The molecular weight excluding hydrogens is 418 g/mol. The van der Waals surface area contributed by atoms with E-state index < -0.39 is 0 Å². The van der Waals surface area contributed by atoms with Gasteiger partial charge in [-0.25, -0.2) is 0 Å². The van der Waals surface area contributed by atoms with Crippen LogP contribution in [0, 0.1) is 0 Å². The van der Waals surface area contributed by atoms with Crippen molar-refractivity contribution in [3.63, 3.8) is 0 Å². The first-order valence-electron chi connectivity index (χ1n) is 11.3. The zero-order chi connectivity index (χ0) is 23.8. The molecule has 1 aliphatic rings. The van der Waals surface area contributed by atoms with Crippen molar-refractivity contribution >= 4 is 28.8 Å². The molecule has 0 spiro atoms. The second-order valence-corrected chi connectivity index (χ2v) is 8.13. The molecule has 7 heteroatoms. The van der Waals surface area contributed by atoms with E-state index in [9.17, 15) is 9.59 Å². The number of methoxy groups -OCH3 is 1. The Kier molecular flexibility index (Phi) is 8.49. The summed E-state index contributed by atoms with van der Waals surface area (Å²) >= 11 is 0. The number of carbonyl (C=O) groups is 2. The summed E-state index contributed by atoms with van der Waals surface area (Å²) in [6, 6.07) is 14.9. The average Bonchev–Trinajstić information content (AvgIpc) is 3.05. The van der Waals surface area contributed by atoms with Crippen LogP contribution in [0.25, 0.3) is 5.57 Å². The zero-order valence-electron chi connectivity index (χ0n) is 19.9. The van der Waals surface area contributed by atoms with Crippen LogP contribution in [0.2, 0.25) is 0 Å². The second-order valence-electron chi connectivity index (χ2n) is 8.13. The monoisotopic (exact) mass is 451 g/mol. The molecule has 0 saturated carbocycles. The van der Waals surface area contributed by atoms with Gasteiger partial charge in [-0.05, 0) is 54.8 Å². The van der Waals surface area contributed by atoms with Gasteiger partial charge < -0.3 is 19.7 Å². The van der Waals surface area contributed by atoms with Crippen molar-refractivity contribution in [1.29, 1.82) is 0 Å². The van der Waals surface area contributed by atoms with Crippen molar-refractivity contribution < 1.29 is 19.1 Å². The van der Waals surface area contributed by atoms with Gasteiger partial charge in [-0.1, -0.05) is 25.5 Å². The Morgan fingerprint density at radius 2 is 1.58 bits per heavy atom. The van der Waals surface area contributed by atoms with Crippen molar-refractivity contribution in [3.8, 4) is 5.75 Å². The largest absolute Gasteiger partial charge is 0.497 e. The number of nitrogens with one attached hydrogen (secondary N) is 1. The Balaban J connectivity index is 1.83. The topological polar surface area (TPSA) is 71.1 Å². The Labute approximate surface area is 196 Å². The first kappa shape index (κ1) is 24.3. The molecule has 33 heavy (non-hydrogen) atoms. The SMILES string of the molecule is CCCCOCCCN1C(=O)C(Nc2ccc(N(C)C)cc2)=C(c2ccc(OC)cc2)C1=O. The van der Waals surface area contributed by atoms with Crippen LogP contribution >= 0.6 is 0 Å². The molecule has 1 N–H and O–H groups in total. The van der Waals surface area contributed by atoms with Crippen LogP contribution < -0.4 is 15.0 Å². The van der Waals surface area contributed by atoms with Crippen molar-refractivity contribution in [2.75, 3.05) is 51.2 Å². The van der Waals surface area contributed by atoms with Gasteiger partial charge in [0.15, 0.2) is 0 Å². The number of amides is 2. The number of hydrogen-bond acceptors (Lipinski definition) is 6. The molecule has 1 aliphatic heterocycles. The van der Waals surface area contributed by atoms with Crippen LogP contribution in [-0.4, -0.2) is 57.7 Å². The standard InChI is InChI=1S/C26H33N3O4/c1-5-6-17-33-18-7-16-29-25(30)23(19-8-14-22(32-4)15-9-19)24(26(29)31)27-20-10-12-21(13-11-20)28(2)3/h8-15,27H,5-7,16-18H2,1-4H3. The predicted octanol–water partition coefficient (Wildman–Crippen LogP) is 4.16. The molecular formula is C26H33N3O4. The molecule has 2 aromatic carbocycles. The summed E-state index contributed by atoms with van der Waals surface area (Å²) in [6.45, 7) is 3.64. The first-order chi connectivity index (χ1) is 16.0. The number of benzene rings is 2. The molecule has 0 aliphatic carbocycles. The minimum Gasteiger partial charge on any atom is -0.497 e. The van der Waals surface area contributed by atoms with E-state index in [0.29, 0.717) is 43.1 Å². The summed E-state index contributed by atoms with van der Waals surface area (Å²) in [6.07, 6.45) is 2.68. The van der Waals surface area contributed by atoms with Crippen molar-refractivity contribution in [1.82, 2.24) is 4.90 Å². The maximum atomic E-state index is 13.3. The average molecular weight is 452 g/mol. The fourth-order valence-corrected chi connectivity index (χ4v) is 3.58. The quantitative estimate of drug-likeness (QED) is 0.386. The lowest BCUT2D eigenvalue weighted by Crippen LogP contribution is -2.34. The molecule has 0 bridgehead atoms. The summed E-state index contributed by atoms with van der Waals surface area (Å²) in [5.41, 5.74) is 3.11. The van der Waals surface area contributed by atoms with Gasteiger partial charge in [0.05, 0.1) is 12.7 Å². The fourth-order valence-electron chi connectivity index (χ4n) is 3.58. The smallest absolute Gasteiger partial charge is 0.278 e. The van der Waals surface area contributed by atoms with Crippen molar-refractivity contribution in [2.45, 2.75) is 26.2 Å². The van der Waals surface area contributed by atoms with Crippen LogP contribution in [-0.2, 0) is 14.3 Å². The highest BCUT2D eigenvalue weighted by Gasteiger charge is 2.38. The van der Waals surface area contributed by atoms with Crippen LogP contribution in [0.3, 0.4) is 0 Å². The number of nitrogens with zero attached hydrogens (tertiary/aromatic N) is 2. The van der Waals surface area contributed by atoms with E-state index >= 15 is 0 Å². The second kappa shape index (κ2) is 11.5. The Bertz CT molecular complexity index is 982. The van der Waals surface area contributed by atoms with E-state index in [1.165, 1.54) is 4.90 Å². The number of carbonyl (C=O) groups excluding carboxylic acids is 2. The Hall–Kier alpha value is -3.32. The number of unbranched alkanes of at least 4 members (excludes halogenated alkanes) is 1. The van der Waals surface area contributed by atoms with Crippen molar-refractivity contribution in [2.24, 2.45) is 0 Å². The van der Waals surface area contributed by atoms with E-state index in [1.54, 1.807) is 31.4 Å². The van der Waals surface area contributed by atoms with Crippen LogP contribution in [0.5, 0.6) is 5.75 Å². The first-order valence-corrected chi connectivity index (χ1v) is 11.3. The van der Waals surface area contributed by atoms with Crippen molar-refractivity contribution in [3.05, 3.63) is 59.8 Å². The van der Waals surface area contributed by atoms with Gasteiger partial charge in [0.2, 0.25) is 0 Å². The number of rotatable bonds is 12. The molecule has 0 aromatic heterocycles.